The Kier molecular flexibility index (Phi) is 4.50. The Hall–Kier alpha value is -0.750. The van der Waals surface area contributed by atoms with Crippen molar-refractivity contribution in [3.63, 3.8) is 0 Å². The van der Waals surface area contributed by atoms with Crippen molar-refractivity contribution < 1.29 is 9.53 Å². The fourth-order valence-electron chi connectivity index (χ4n) is 1.93. The van der Waals surface area contributed by atoms with Crippen molar-refractivity contribution in [3.8, 4) is 0 Å². The molecule has 2 heterocycles. The zero-order chi connectivity index (χ0) is 13.1. The molecule has 0 aromatic carbocycles. The predicted octanol–water partition coefficient (Wildman–Crippen LogP) is 2.19. The lowest BCUT2D eigenvalue weighted by molar-refractivity contribution is -0.139. The van der Waals surface area contributed by atoms with Crippen LogP contribution in [-0.4, -0.2) is 41.7 Å². The van der Waals surface area contributed by atoms with Crippen molar-refractivity contribution >= 4 is 34.2 Å². The number of thioether (sulfide) groups is 1. The number of ether oxygens (including phenoxy) is 1. The van der Waals surface area contributed by atoms with E-state index in [0.29, 0.717) is 11.3 Å². The number of hydrogen-bond acceptors (Lipinski definition) is 6. The Morgan fingerprint density at radius 1 is 1.61 bits per heavy atom. The lowest BCUT2D eigenvalue weighted by atomic mass is 10.2. The van der Waals surface area contributed by atoms with Gasteiger partial charge in [0.2, 0.25) is 0 Å². The van der Waals surface area contributed by atoms with Gasteiger partial charge in [-0.05, 0) is 6.92 Å². The van der Waals surface area contributed by atoms with E-state index in [1.165, 1.54) is 7.11 Å². The number of aromatic nitrogens is 1. The van der Waals surface area contributed by atoms with Crippen molar-refractivity contribution in [2.75, 3.05) is 24.3 Å². The maximum absolute atomic E-state index is 11.2. The van der Waals surface area contributed by atoms with Gasteiger partial charge in [0.1, 0.15) is 0 Å². The topological polar surface area (TPSA) is 42.4 Å². The van der Waals surface area contributed by atoms with E-state index >= 15 is 0 Å². The number of carbonyl (C=O) groups is 1. The van der Waals surface area contributed by atoms with E-state index in [0.717, 1.165) is 23.1 Å². The minimum atomic E-state index is -0.234. The third kappa shape index (κ3) is 2.98. The average Bonchev–Trinajstić information content (AvgIpc) is 2.80. The van der Waals surface area contributed by atoms with Crippen LogP contribution in [0.5, 0.6) is 0 Å². The van der Waals surface area contributed by atoms with Crippen LogP contribution in [0.3, 0.4) is 0 Å². The Morgan fingerprint density at radius 3 is 3.11 bits per heavy atom. The molecule has 2 rings (SSSR count). The van der Waals surface area contributed by atoms with Gasteiger partial charge in [0.15, 0.2) is 5.13 Å². The Bertz CT molecular complexity index is 422. The van der Waals surface area contributed by atoms with E-state index in [1.54, 1.807) is 11.3 Å². The van der Waals surface area contributed by atoms with Crippen LogP contribution < -0.4 is 4.90 Å². The van der Waals surface area contributed by atoms with Crippen LogP contribution in [-0.2, 0) is 16.0 Å². The molecule has 1 saturated heterocycles. The molecule has 2 atom stereocenters. The van der Waals surface area contributed by atoms with E-state index < -0.39 is 0 Å². The number of nitrogens with zero attached hydrogens (tertiary/aromatic N) is 2. The van der Waals surface area contributed by atoms with Gasteiger partial charge >= 0.3 is 5.97 Å². The van der Waals surface area contributed by atoms with Crippen molar-refractivity contribution in [1.82, 2.24) is 4.98 Å². The summed E-state index contributed by atoms with van der Waals surface area (Å²) in [5, 5.41) is 3.59. The first kappa shape index (κ1) is 13.7. The SMILES string of the molecule is COC(=O)Cc1csc(N2CCSC(C)C2C)n1. The molecular formula is C12H18N2O2S2. The van der Waals surface area contributed by atoms with Crippen LogP contribution in [0.15, 0.2) is 5.38 Å². The zero-order valence-electron chi connectivity index (χ0n) is 10.9. The summed E-state index contributed by atoms with van der Waals surface area (Å²) in [4.78, 5) is 18.1. The summed E-state index contributed by atoms with van der Waals surface area (Å²) in [5.41, 5.74) is 0.805. The Balaban J connectivity index is 2.07. The highest BCUT2D eigenvalue weighted by Gasteiger charge is 2.27. The van der Waals surface area contributed by atoms with E-state index in [4.69, 9.17) is 0 Å². The highest BCUT2D eigenvalue weighted by molar-refractivity contribution is 8.00. The molecule has 1 aromatic rings. The number of rotatable bonds is 3. The number of carbonyl (C=O) groups excluding carboxylic acids is 1. The summed E-state index contributed by atoms with van der Waals surface area (Å²) in [7, 11) is 1.40. The molecule has 1 aliphatic rings. The minimum absolute atomic E-state index is 0.234. The van der Waals surface area contributed by atoms with E-state index in [-0.39, 0.29) is 12.4 Å². The number of esters is 1. The van der Waals surface area contributed by atoms with Gasteiger partial charge in [-0.2, -0.15) is 11.8 Å². The smallest absolute Gasteiger partial charge is 0.311 e. The quantitative estimate of drug-likeness (QED) is 0.797. The number of hydrogen-bond donors (Lipinski definition) is 0. The van der Waals surface area contributed by atoms with Crippen LogP contribution >= 0.6 is 23.1 Å². The van der Waals surface area contributed by atoms with Gasteiger partial charge < -0.3 is 9.64 Å². The van der Waals surface area contributed by atoms with Crippen LogP contribution in [0.1, 0.15) is 19.5 Å². The summed E-state index contributed by atoms with van der Waals surface area (Å²) in [6.45, 7) is 5.52. The molecule has 0 saturated carbocycles. The Morgan fingerprint density at radius 2 is 2.39 bits per heavy atom. The fourth-order valence-corrected chi connectivity index (χ4v) is 3.97. The van der Waals surface area contributed by atoms with Crippen molar-refractivity contribution in [2.24, 2.45) is 0 Å². The van der Waals surface area contributed by atoms with Gasteiger partial charge in [0, 0.05) is 29.0 Å². The summed E-state index contributed by atoms with van der Waals surface area (Å²) in [5.74, 6) is 0.903. The maximum atomic E-state index is 11.2. The van der Waals surface area contributed by atoms with Gasteiger partial charge in [0.05, 0.1) is 19.2 Å². The van der Waals surface area contributed by atoms with Crippen molar-refractivity contribution in [1.29, 1.82) is 0 Å². The second kappa shape index (κ2) is 5.93. The normalized spacial score (nSPS) is 24.1. The molecule has 1 aromatic heterocycles. The third-order valence-corrected chi connectivity index (χ3v) is 5.49. The molecule has 0 aliphatic carbocycles. The molecule has 2 unspecified atom stereocenters. The third-order valence-electron chi connectivity index (χ3n) is 3.22. The minimum Gasteiger partial charge on any atom is -0.469 e. The molecule has 4 nitrogen and oxygen atoms in total. The monoisotopic (exact) mass is 286 g/mol. The second-order valence-electron chi connectivity index (χ2n) is 4.38. The first-order chi connectivity index (χ1) is 8.61. The molecule has 100 valence electrons. The van der Waals surface area contributed by atoms with Gasteiger partial charge in [-0.1, -0.05) is 6.92 Å². The summed E-state index contributed by atoms with van der Waals surface area (Å²) < 4.78 is 4.66. The highest BCUT2D eigenvalue weighted by atomic mass is 32.2. The van der Waals surface area contributed by atoms with Crippen molar-refractivity contribution in [2.45, 2.75) is 31.6 Å². The first-order valence-electron chi connectivity index (χ1n) is 6.01. The van der Waals surface area contributed by atoms with E-state index in [9.17, 15) is 4.79 Å². The summed E-state index contributed by atoms with van der Waals surface area (Å²) in [6.07, 6.45) is 0.263. The molecule has 0 amide bonds. The molecular weight excluding hydrogens is 268 g/mol. The van der Waals surface area contributed by atoms with Gasteiger partial charge in [-0.15, -0.1) is 11.3 Å². The number of anilines is 1. The molecule has 0 spiro atoms. The van der Waals surface area contributed by atoms with Crippen LogP contribution in [0.25, 0.3) is 0 Å². The summed E-state index contributed by atoms with van der Waals surface area (Å²) >= 11 is 3.62. The average molecular weight is 286 g/mol. The van der Waals surface area contributed by atoms with Crippen LogP contribution in [0.2, 0.25) is 0 Å². The Labute approximate surface area is 116 Å². The van der Waals surface area contributed by atoms with Crippen LogP contribution in [0, 0.1) is 0 Å². The van der Waals surface area contributed by atoms with Gasteiger partial charge in [-0.3, -0.25) is 4.79 Å². The second-order valence-corrected chi connectivity index (χ2v) is 6.71. The van der Waals surface area contributed by atoms with Crippen molar-refractivity contribution in [3.05, 3.63) is 11.1 Å². The molecule has 0 bridgehead atoms. The number of thiazole rings is 1. The summed E-state index contributed by atoms with van der Waals surface area (Å²) in [6, 6.07) is 0.487. The van der Waals surface area contributed by atoms with E-state index in [1.807, 2.05) is 17.1 Å². The number of methoxy groups -OCH3 is 1. The molecule has 0 N–H and O–H groups in total. The maximum Gasteiger partial charge on any atom is 0.311 e. The van der Waals surface area contributed by atoms with E-state index in [2.05, 4.69) is 28.5 Å². The predicted molar refractivity (Wildman–Crippen MR) is 76.6 cm³/mol. The molecule has 0 radical (unpaired) electrons. The molecule has 1 fully saturated rings. The highest BCUT2D eigenvalue weighted by Crippen LogP contribution is 2.31. The van der Waals surface area contributed by atoms with Gasteiger partial charge in [-0.25, -0.2) is 4.98 Å². The standard InChI is InChI=1S/C12H18N2O2S2/c1-8-9(2)17-5-4-14(8)12-13-10(7-18-12)6-11(15)16-3/h7-9H,4-6H2,1-3H3. The molecule has 6 heteroatoms. The first-order valence-corrected chi connectivity index (χ1v) is 7.94. The van der Waals surface area contributed by atoms with Crippen LogP contribution in [0.4, 0.5) is 5.13 Å². The lowest BCUT2D eigenvalue weighted by Crippen LogP contribution is -2.44. The molecule has 18 heavy (non-hydrogen) atoms. The van der Waals surface area contributed by atoms with Gasteiger partial charge in [0.25, 0.3) is 0 Å². The lowest BCUT2D eigenvalue weighted by Gasteiger charge is -2.37. The fraction of sp³-hybridized carbons (Fsp3) is 0.667. The molecule has 1 aliphatic heterocycles. The zero-order valence-corrected chi connectivity index (χ0v) is 12.5. The largest absolute Gasteiger partial charge is 0.469 e.